The van der Waals surface area contributed by atoms with E-state index in [-0.39, 0.29) is 6.04 Å². The predicted octanol–water partition coefficient (Wildman–Crippen LogP) is 3.96. The minimum Gasteiger partial charge on any atom is -0.324 e. The molecule has 0 spiro atoms. The highest BCUT2D eigenvalue weighted by Gasteiger charge is 2.18. The van der Waals surface area contributed by atoms with E-state index in [9.17, 15) is 0 Å². The normalized spacial score (nSPS) is 17.2. The fraction of sp³-hybridized carbons (Fsp3) is 0.471. The molecule has 3 nitrogen and oxygen atoms in total. The van der Waals surface area contributed by atoms with E-state index in [1.807, 2.05) is 0 Å². The van der Waals surface area contributed by atoms with Crippen molar-refractivity contribution in [2.24, 2.45) is 5.73 Å². The molecule has 0 amide bonds. The lowest BCUT2D eigenvalue weighted by atomic mass is 10.0. The van der Waals surface area contributed by atoms with Crippen LogP contribution < -0.4 is 5.73 Å². The molecular weight excluding hydrogens is 278 g/mol. The van der Waals surface area contributed by atoms with Crippen LogP contribution in [0.25, 0.3) is 0 Å². The van der Waals surface area contributed by atoms with Crippen molar-refractivity contribution >= 4 is 11.8 Å². The molecule has 1 aliphatic rings. The van der Waals surface area contributed by atoms with E-state index in [1.54, 1.807) is 11.8 Å². The predicted molar refractivity (Wildman–Crippen MR) is 88.6 cm³/mol. The lowest BCUT2D eigenvalue weighted by Crippen LogP contribution is -2.14. The molecule has 1 aromatic heterocycles. The van der Waals surface area contributed by atoms with E-state index < -0.39 is 0 Å². The molecule has 3 rings (SSSR count). The second-order valence-corrected chi connectivity index (χ2v) is 6.69. The van der Waals surface area contributed by atoms with Crippen LogP contribution in [0.3, 0.4) is 0 Å². The number of aromatic nitrogens is 2. The second-order valence-electron chi connectivity index (χ2n) is 5.81. The number of benzene rings is 1. The molecular formula is C17H23N3S. The lowest BCUT2D eigenvalue weighted by molar-refractivity contribution is 0.461. The van der Waals surface area contributed by atoms with E-state index in [1.165, 1.54) is 36.1 Å². The van der Waals surface area contributed by atoms with Crippen molar-refractivity contribution in [2.45, 2.75) is 49.1 Å². The van der Waals surface area contributed by atoms with Crippen molar-refractivity contribution in [2.75, 3.05) is 6.26 Å². The van der Waals surface area contributed by atoms with Gasteiger partial charge in [-0.25, -0.2) is 0 Å². The first kappa shape index (κ1) is 14.7. The summed E-state index contributed by atoms with van der Waals surface area (Å²) in [6.07, 6.45) is 10.2. The molecule has 1 heterocycles. The highest BCUT2D eigenvalue weighted by molar-refractivity contribution is 7.98. The molecule has 21 heavy (non-hydrogen) atoms. The molecule has 0 saturated heterocycles. The van der Waals surface area contributed by atoms with Gasteiger partial charge in [0.05, 0.1) is 11.7 Å². The Kier molecular flexibility index (Phi) is 4.66. The van der Waals surface area contributed by atoms with E-state index >= 15 is 0 Å². The number of rotatable bonds is 5. The third-order valence-electron chi connectivity index (χ3n) is 4.34. The number of hydrogen-bond acceptors (Lipinski definition) is 3. The minimum atomic E-state index is 0.0211. The van der Waals surface area contributed by atoms with Crippen molar-refractivity contribution < 1.29 is 0 Å². The molecule has 1 atom stereocenters. The van der Waals surface area contributed by atoms with Gasteiger partial charge in [-0.3, -0.25) is 4.68 Å². The van der Waals surface area contributed by atoms with Crippen LogP contribution in [0.2, 0.25) is 0 Å². The number of thioether (sulfide) groups is 1. The van der Waals surface area contributed by atoms with Gasteiger partial charge in [-0.2, -0.15) is 5.10 Å². The summed E-state index contributed by atoms with van der Waals surface area (Å²) in [5, 5.41) is 4.72. The van der Waals surface area contributed by atoms with Gasteiger partial charge in [0, 0.05) is 23.6 Å². The van der Waals surface area contributed by atoms with Gasteiger partial charge in [0.25, 0.3) is 0 Å². The second kappa shape index (κ2) is 6.67. The monoisotopic (exact) mass is 301 g/mol. The van der Waals surface area contributed by atoms with Gasteiger partial charge in [0.2, 0.25) is 0 Å². The van der Waals surface area contributed by atoms with E-state index in [0.717, 1.165) is 12.1 Å². The molecule has 1 aromatic carbocycles. The molecule has 1 fully saturated rings. The maximum Gasteiger partial charge on any atom is 0.0643 e. The zero-order chi connectivity index (χ0) is 14.7. The number of nitrogens with zero attached hydrogens (tertiary/aromatic N) is 2. The van der Waals surface area contributed by atoms with Gasteiger partial charge in [0.15, 0.2) is 0 Å². The molecule has 0 aliphatic heterocycles. The Labute approximate surface area is 130 Å². The van der Waals surface area contributed by atoms with Crippen LogP contribution >= 0.6 is 11.8 Å². The Bertz CT molecular complexity index is 570. The highest BCUT2D eigenvalue weighted by atomic mass is 32.2. The minimum absolute atomic E-state index is 0.0211. The summed E-state index contributed by atoms with van der Waals surface area (Å²) >= 11 is 1.75. The van der Waals surface area contributed by atoms with E-state index in [2.05, 4.69) is 47.5 Å². The van der Waals surface area contributed by atoms with Crippen LogP contribution in [0, 0.1) is 0 Å². The van der Waals surface area contributed by atoms with Gasteiger partial charge in [-0.1, -0.05) is 25.0 Å². The Morgan fingerprint density at radius 3 is 2.62 bits per heavy atom. The summed E-state index contributed by atoms with van der Waals surface area (Å²) in [4.78, 5) is 1.27. The van der Waals surface area contributed by atoms with Crippen molar-refractivity contribution in [3.05, 3.63) is 47.8 Å². The molecule has 4 heteroatoms. The van der Waals surface area contributed by atoms with E-state index in [4.69, 9.17) is 10.8 Å². The maximum atomic E-state index is 6.33. The molecule has 0 bridgehead atoms. The molecule has 1 aliphatic carbocycles. The zero-order valence-corrected chi connectivity index (χ0v) is 13.4. The van der Waals surface area contributed by atoms with Crippen molar-refractivity contribution in [3.8, 4) is 0 Å². The summed E-state index contributed by atoms with van der Waals surface area (Å²) in [5.74, 6) is 0. The molecule has 112 valence electrons. The number of hydrogen-bond donors (Lipinski definition) is 1. The highest BCUT2D eigenvalue weighted by Crippen LogP contribution is 2.29. The molecule has 2 N–H and O–H groups in total. The SMILES string of the molecule is CSc1ccc(C(N)Cc2ccn(C3CCCC3)n2)cc1. The Balaban J connectivity index is 1.64. The van der Waals surface area contributed by atoms with Crippen LogP contribution in [0.5, 0.6) is 0 Å². The first-order valence-electron chi connectivity index (χ1n) is 7.70. The first-order valence-corrected chi connectivity index (χ1v) is 8.92. The fourth-order valence-corrected chi connectivity index (χ4v) is 3.46. The van der Waals surface area contributed by atoms with Gasteiger partial charge in [-0.15, -0.1) is 11.8 Å². The average molecular weight is 301 g/mol. The van der Waals surface area contributed by atoms with Gasteiger partial charge in [0.1, 0.15) is 0 Å². The topological polar surface area (TPSA) is 43.8 Å². The summed E-state index contributed by atoms with van der Waals surface area (Å²) in [7, 11) is 0. The molecule has 1 unspecified atom stereocenters. The quantitative estimate of drug-likeness (QED) is 0.850. The standard InChI is InChI=1S/C17H23N3S/c1-21-16-8-6-13(7-9-16)17(18)12-14-10-11-20(19-14)15-4-2-3-5-15/h6-11,15,17H,2-5,12,18H2,1H3. The zero-order valence-electron chi connectivity index (χ0n) is 12.5. The van der Waals surface area contributed by atoms with Gasteiger partial charge < -0.3 is 5.73 Å². The van der Waals surface area contributed by atoms with Crippen molar-refractivity contribution in [3.63, 3.8) is 0 Å². The Morgan fingerprint density at radius 2 is 1.95 bits per heavy atom. The smallest absolute Gasteiger partial charge is 0.0643 e. The summed E-state index contributed by atoms with van der Waals surface area (Å²) < 4.78 is 2.14. The third-order valence-corrected chi connectivity index (χ3v) is 5.08. The Hall–Kier alpha value is -1.26. The van der Waals surface area contributed by atoms with Crippen molar-refractivity contribution in [1.82, 2.24) is 9.78 Å². The fourth-order valence-electron chi connectivity index (χ4n) is 3.05. The van der Waals surface area contributed by atoms with Crippen LogP contribution in [0.1, 0.15) is 49.0 Å². The largest absolute Gasteiger partial charge is 0.324 e. The van der Waals surface area contributed by atoms with Crippen LogP contribution in [0.15, 0.2) is 41.4 Å². The third kappa shape index (κ3) is 3.50. The number of nitrogens with two attached hydrogens (primary N) is 1. The van der Waals surface area contributed by atoms with Crippen LogP contribution in [-0.4, -0.2) is 16.0 Å². The summed E-state index contributed by atoms with van der Waals surface area (Å²) in [5.41, 5.74) is 8.61. The van der Waals surface area contributed by atoms with Gasteiger partial charge >= 0.3 is 0 Å². The molecule has 2 aromatic rings. The van der Waals surface area contributed by atoms with Crippen LogP contribution in [0.4, 0.5) is 0 Å². The van der Waals surface area contributed by atoms with Crippen molar-refractivity contribution in [1.29, 1.82) is 0 Å². The molecule has 0 radical (unpaired) electrons. The van der Waals surface area contributed by atoms with E-state index in [0.29, 0.717) is 6.04 Å². The average Bonchev–Trinajstić information content (AvgIpc) is 3.18. The summed E-state index contributed by atoms with van der Waals surface area (Å²) in [6, 6.07) is 11.3. The van der Waals surface area contributed by atoms with Crippen LogP contribution in [-0.2, 0) is 6.42 Å². The Morgan fingerprint density at radius 1 is 1.24 bits per heavy atom. The first-order chi connectivity index (χ1) is 10.3. The van der Waals surface area contributed by atoms with Gasteiger partial charge in [-0.05, 0) is 42.9 Å². The summed E-state index contributed by atoms with van der Waals surface area (Å²) in [6.45, 7) is 0. The molecule has 1 saturated carbocycles. The lowest BCUT2D eigenvalue weighted by Gasteiger charge is -2.12. The maximum absolute atomic E-state index is 6.33.